The lowest BCUT2D eigenvalue weighted by Gasteiger charge is -2.11. The highest BCUT2D eigenvalue weighted by Crippen LogP contribution is 2.34. The molecule has 0 aromatic heterocycles. The molecule has 2 aromatic rings. The van der Waals surface area contributed by atoms with E-state index in [9.17, 15) is 0 Å². The number of benzene rings is 2. The fraction of sp³-hybridized carbons (Fsp3) is 0.143. The van der Waals surface area contributed by atoms with Gasteiger partial charge in [0.25, 0.3) is 0 Å². The standard InChI is InChI=1S/C14H15ClN2/c1-8-7-10(3-5-12(8)16)11-4-6-13(17)9(2)14(11)15/h3-7H,16-17H2,1-2H3. The number of aryl methyl sites for hydroxylation is 1. The summed E-state index contributed by atoms with van der Waals surface area (Å²) in [5, 5.41) is 0.703. The summed E-state index contributed by atoms with van der Waals surface area (Å²) in [7, 11) is 0. The van der Waals surface area contributed by atoms with Gasteiger partial charge in [-0.1, -0.05) is 23.7 Å². The molecular formula is C14H15ClN2. The Bertz CT molecular complexity index is 577. The number of anilines is 2. The largest absolute Gasteiger partial charge is 0.399 e. The molecule has 0 amide bonds. The van der Waals surface area contributed by atoms with Crippen molar-refractivity contribution in [2.75, 3.05) is 11.5 Å². The van der Waals surface area contributed by atoms with Crippen LogP contribution in [0.2, 0.25) is 5.02 Å². The van der Waals surface area contributed by atoms with Crippen LogP contribution in [-0.4, -0.2) is 0 Å². The molecule has 0 aliphatic rings. The van der Waals surface area contributed by atoms with Gasteiger partial charge in [0, 0.05) is 16.9 Å². The fourth-order valence-corrected chi connectivity index (χ4v) is 2.05. The molecule has 0 aliphatic carbocycles. The first kappa shape index (κ1) is 11.8. The third-order valence-electron chi connectivity index (χ3n) is 3.01. The van der Waals surface area contributed by atoms with Crippen LogP contribution in [0.25, 0.3) is 11.1 Å². The first-order valence-corrected chi connectivity index (χ1v) is 5.79. The summed E-state index contributed by atoms with van der Waals surface area (Å²) >= 11 is 6.31. The van der Waals surface area contributed by atoms with Crippen LogP contribution in [0.4, 0.5) is 11.4 Å². The fourth-order valence-electron chi connectivity index (χ4n) is 1.77. The van der Waals surface area contributed by atoms with Crippen molar-refractivity contribution in [1.82, 2.24) is 0 Å². The number of hydrogen-bond acceptors (Lipinski definition) is 2. The van der Waals surface area contributed by atoms with Crippen molar-refractivity contribution in [3.63, 3.8) is 0 Å². The van der Waals surface area contributed by atoms with E-state index in [0.717, 1.165) is 27.9 Å². The Morgan fingerprint density at radius 2 is 1.59 bits per heavy atom. The van der Waals surface area contributed by atoms with Gasteiger partial charge in [0.2, 0.25) is 0 Å². The van der Waals surface area contributed by atoms with E-state index >= 15 is 0 Å². The van der Waals surface area contributed by atoms with E-state index < -0.39 is 0 Å². The zero-order chi connectivity index (χ0) is 12.6. The minimum atomic E-state index is 0.703. The topological polar surface area (TPSA) is 52.0 Å². The molecule has 88 valence electrons. The average molecular weight is 247 g/mol. The van der Waals surface area contributed by atoms with Gasteiger partial charge in [-0.15, -0.1) is 0 Å². The molecular weight excluding hydrogens is 232 g/mol. The monoisotopic (exact) mass is 246 g/mol. The summed E-state index contributed by atoms with van der Waals surface area (Å²) in [4.78, 5) is 0. The maximum Gasteiger partial charge on any atom is 0.0534 e. The number of halogens is 1. The summed E-state index contributed by atoms with van der Waals surface area (Å²) in [5.74, 6) is 0. The Labute approximate surface area is 106 Å². The minimum Gasteiger partial charge on any atom is -0.399 e. The maximum absolute atomic E-state index is 6.31. The molecule has 0 unspecified atom stereocenters. The van der Waals surface area contributed by atoms with Gasteiger partial charge in [-0.05, 0) is 48.7 Å². The van der Waals surface area contributed by atoms with Crippen LogP contribution < -0.4 is 11.5 Å². The van der Waals surface area contributed by atoms with Crippen LogP contribution in [0.1, 0.15) is 11.1 Å². The summed E-state index contributed by atoms with van der Waals surface area (Å²) in [6.07, 6.45) is 0. The smallest absolute Gasteiger partial charge is 0.0534 e. The van der Waals surface area contributed by atoms with Gasteiger partial charge >= 0.3 is 0 Å². The molecule has 4 N–H and O–H groups in total. The van der Waals surface area contributed by atoms with E-state index in [-0.39, 0.29) is 0 Å². The third-order valence-corrected chi connectivity index (χ3v) is 3.50. The first-order chi connectivity index (χ1) is 8.00. The number of nitrogens with two attached hydrogens (primary N) is 2. The van der Waals surface area contributed by atoms with Gasteiger partial charge in [-0.25, -0.2) is 0 Å². The van der Waals surface area contributed by atoms with Gasteiger partial charge < -0.3 is 11.5 Å². The van der Waals surface area contributed by atoms with Crippen molar-refractivity contribution in [2.24, 2.45) is 0 Å². The Morgan fingerprint density at radius 3 is 2.24 bits per heavy atom. The van der Waals surface area contributed by atoms with Gasteiger partial charge in [-0.3, -0.25) is 0 Å². The van der Waals surface area contributed by atoms with Crippen molar-refractivity contribution in [3.05, 3.63) is 46.5 Å². The van der Waals surface area contributed by atoms with Gasteiger partial charge in [0.1, 0.15) is 0 Å². The summed E-state index contributed by atoms with van der Waals surface area (Å²) in [6.45, 7) is 3.90. The number of nitrogen functional groups attached to an aromatic ring is 2. The molecule has 2 nitrogen and oxygen atoms in total. The van der Waals surface area contributed by atoms with E-state index in [1.54, 1.807) is 0 Å². The van der Waals surface area contributed by atoms with Gasteiger partial charge in [0.15, 0.2) is 0 Å². The predicted molar refractivity (Wildman–Crippen MR) is 75.2 cm³/mol. The highest BCUT2D eigenvalue weighted by molar-refractivity contribution is 6.34. The van der Waals surface area contributed by atoms with Crippen molar-refractivity contribution < 1.29 is 0 Å². The van der Waals surface area contributed by atoms with E-state index in [0.29, 0.717) is 10.7 Å². The molecule has 2 aromatic carbocycles. The van der Waals surface area contributed by atoms with Crippen LogP contribution in [0.5, 0.6) is 0 Å². The third kappa shape index (κ3) is 2.08. The zero-order valence-corrected chi connectivity index (χ0v) is 10.7. The van der Waals surface area contributed by atoms with Gasteiger partial charge in [0.05, 0.1) is 5.02 Å². The maximum atomic E-state index is 6.31. The highest BCUT2D eigenvalue weighted by Gasteiger charge is 2.08. The number of rotatable bonds is 1. The second-order valence-electron chi connectivity index (χ2n) is 4.21. The molecule has 3 heteroatoms. The van der Waals surface area contributed by atoms with Crippen LogP contribution in [0.15, 0.2) is 30.3 Å². The molecule has 0 saturated heterocycles. The summed E-state index contributed by atoms with van der Waals surface area (Å²) in [6, 6.07) is 9.72. The SMILES string of the molecule is Cc1cc(-c2ccc(N)c(C)c2Cl)ccc1N. The molecule has 2 rings (SSSR count). The van der Waals surface area contributed by atoms with Crippen LogP contribution in [-0.2, 0) is 0 Å². The second-order valence-corrected chi connectivity index (χ2v) is 4.59. The lowest BCUT2D eigenvalue weighted by Crippen LogP contribution is -1.93. The second kappa shape index (κ2) is 4.30. The molecule has 0 heterocycles. The van der Waals surface area contributed by atoms with Crippen molar-refractivity contribution >= 4 is 23.0 Å². The zero-order valence-electron chi connectivity index (χ0n) is 9.92. The molecule has 0 spiro atoms. The normalized spacial score (nSPS) is 10.5. The molecule has 0 fully saturated rings. The predicted octanol–water partition coefficient (Wildman–Crippen LogP) is 3.79. The molecule has 0 radical (unpaired) electrons. The lowest BCUT2D eigenvalue weighted by atomic mass is 10.00. The van der Waals surface area contributed by atoms with Crippen LogP contribution in [0, 0.1) is 13.8 Å². The Kier molecular flexibility index (Phi) is 2.99. The van der Waals surface area contributed by atoms with Crippen molar-refractivity contribution in [1.29, 1.82) is 0 Å². The van der Waals surface area contributed by atoms with Crippen LogP contribution in [0.3, 0.4) is 0 Å². The molecule has 0 saturated carbocycles. The summed E-state index contributed by atoms with van der Waals surface area (Å²) < 4.78 is 0. The van der Waals surface area contributed by atoms with E-state index in [1.165, 1.54) is 0 Å². The van der Waals surface area contributed by atoms with E-state index in [4.69, 9.17) is 23.1 Å². The van der Waals surface area contributed by atoms with E-state index in [1.807, 2.05) is 44.2 Å². The number of hydrogen-bond donors (Lipinski definition) is 2. The minimum absolute atomic E-state index is 0.703. The molecule has 0 bridgehead atoms. The lowest BCUT2D eigenvalue weighted by molar-refractivity contribution is 1.44. The van der Waals surface area contributed by atoms with E-state index in [2.05, 4.69) is 0 Å². The van der Waals surface area contributed by atoms with Crippen LogP contribution >= 0.6 is 11.6 Å². The Morgan fingerprint density at radius 1 is 0.941 bits per heavy atom. The highest BCUT2D eigenvalue weighted by atomic mass is 35.5. The van der Waals surface area contributed by atoms with Crippen molar-refractivity contribution in [2.45, 2.75) is 13.8 Å². The molecule has 0 atom stereocenters. The molecule has 17 heavy (non-hydrogen) atoms. The first-order valence-electron chi connectivity index (χ1n) is 5.42. The summed E-state index contributed by atoms with van der Waals surface area (Å²) in [5.41, 5.74) is 17.1. The Balaban J connectivity index is 2.61. The quantitative estimate of drug-likeness (QED) is 0.753. The van der Waals surface area contributed by atoms with Gasteiger partial charge in [-0.2, -0.15) is 0 Å². The average Bonchev–Trinajstić information content (AvgIpc) is 2.30. The van der Waals surface area contributed by atoms with Crippen molar-refractivity contribution in [3.8, 4) is 11.1 Å². The Hall–Kier alpha value is -1.67. The molecule has 0 aliphatic heterocycles.